The monoisotopic (exact) mass is 1140 g/mol. The zero-order chi connectivity index (χ0) is 40.5. The minimum Gasteiger partial charge on any atom is -0.304 e. The number of hydrogen-bond acceptors (Lipinski definition) is 3. The summed E-state index contributed by atoms with van der Waals surface area (Å²) in [6.07, 6.45) is 5.57. The van der Waals surface area contributed by atoms with E-state index in [1.165, 1.54) is 57.6 Å². The minimum atomic E-state index is -0.224. The van der Waals surface area contributed by atoms with Crippen LogP contribution in [0, 0.1) is 72.2 Å². The average molecular weight is 1130 g/mol. The van der Waals surface area contributed by atoms with E-state index in [-0.39, 0.29) is 51.8 Å². The molecule has 0 atom stereocenters. The Morgan fingerprint density at radius 2 is 0.949 bits per heavy atom. The molecule has 7 heteroatoms. The van der Waals surface area contributed by atoms with Gasteiger partial charge in [0.25, 0.3) is 0 Å². The SMILES string of the molecule is Cc1cc[c-]c(-c2cc(C)c(C)cn2)c1.Cc1ccnc(-c2[c-]ccc(-c3ccc(F)cc3)c2)c1C.Cc1ccnc(-c2cccc(-c3ccc(F)cc3)c2)c1C.[Ir].[Ir]. The molecule has 0 unspecified atom stereocenters. The molecule has 3 nitrogen and oxygen atoms in total. The van der Waals surface area contributed by atoms with Gasteiger partial charge in [-0.05, 0) is 129 Å². The first-order valence-electron chi connectivity index (χ1n) is 18.9. The summed E-state index contributed by atoms with van der Waals surface area (Å²) in [5.41, 5.74) is 18.7. The molecular formula is C52H45F2Ir2N3-2. The van der Waals surface area contributed by atoms with E-state index < -0.39 is 0 Å². The third kappa shape index (κ3) is 12.1. The molecule has 5 aromatic carbocycles. The Kier molecular flexibility index (Phi) is 17.0. The van der Waals surface area contributed by atoms with Gasteiger partial charge in [-0.15, -0.1) is 70.8 Å². The van der Waals surface area contributed by atoms with Gasteiger partial charge in [-0.3, -0.25) is 4.98 Å². The van der Waals surface area contributed by atoms with Gasteiger partial charge in [0.2, 0.25) is 0 Å². The van der Waals surface area contributed by atoms with Crippen LogP contribution in [0.15, 0.2) is 146 Å². The first-order chi connectivity index (χ1) is 27.5. The summed E-state index contributed by atoms with van der Waals surface area (Å²) in [7, 11) is 0. The zero-order valence-corrected chi connectivity index (χ0v) is 38.9. The quantitative estimate of drug-likeness (QED) is 0.161. The van der Waals surface area contributed by atoms with E-state index in [1.54, 1.807) is 24.3 Å². The van der Waals surface area contributed by atoms with Crippen LogP contribution in [0.1, 0.15) is 38.9 Å². The Bertz CT molecular complexity index is 2490. The summed E-state index contributed by atoms with van der Waals surface area (Å²) in [4.78, 5) is 13.4. The summed E-state index contributed by atoms with van der Waals surface area (Å²) >= 11 is 0. The molecule has 8 aromatic rings. The fraction of sp³-hybridized carbons (Fsp3) is 0.135. The second kappa shape index (κ2) is 21.6. The molecule has 0 aliphatic heterocycles. The smallest absolute Gasteiger partial charge is 0.123 e. The summed E-state index contributed by atoms with van der Waals surface area (Å²) in [5.74, 6) is -0.441. The fourth-order valence-electron chi connectivity index (χ4n) is 6.24. The summed E-state index contributed by atoms with van der Waals surface area (Å²) in [6.45, 7) is 14.6. The van der Waals surface area contributed by atoms with Crippen LogP contribution in [0.25, 0.3) is 56.0 Å². The van der Waals surface area contributed by atoms with Crippen molar-refractivity contribution in [3.05, 3.63) is 209 Å². The number of pyridine rings is 3. The van der Waals surface area contributed by atoms with E-state index in [0.29, 0.717) is 0 Å². The Morgan fingerprint density at radius 3 is 1.54 bits per heavy atom. The van der Waals surface area contributed by atoms with Gasteiger partial charge in [0, 0.05) is 64.4 Å². The van der Waals surface area contributed by atoms with E-state index in [2.05, 4.69) is 99.8 Å². The van der Waals surface area contributed by atoms with Crippen LogP contribution in [0.2, 0.25) is 0 Å². The Balaban J connectivity index is 0.000000195. The van der Waals surface area contributed by atoms with E-state index in [9.17, 15) is 8.78 Å². The summed E-state index contributed by atoms with van der Waals surface area (Å²) in [6, 6.07) is 45.9. The molecule has 0 spiro atoms. The molecule has 59 heavy (non-hydrogen) atoms. The van der Waals surface area contributed by atoms with Gasteiger partial charge in [0.15, 0.2) is 0 Å². The molecule has 8 rings (SSSR count). The second-order valence-electron chi connectivity index (χ2n) is 14.2. The number of aromatic nitrogens is 3. The molecule has 0 aliphatic carbocycles. The Morgan fingerprint density at radius 1 is 0.424 bits per heavy atom. The van der Waals surface area contributed by atoms with Gasteiger partial charge in [-0.2, -0.15) is 0 Å². The zero-order valence-electron chi connectivity index (χ0n) is 34.1. The van der Waals surface area contributed by atoms with Crippen LogP contribution in [-0.2, 0) is 40.2 Å². The van der Waals surface area contributed by atoms with E-state index in [1.807, 2.05) is 73.2 Å². The van der Waals surface area contributed by atoms with Crippen LogP contribution in [0.4, 0.5) is 8.78 Å². The molecule has 0 bridgehead atoms. The molecule has 0 saturated heterocycles. The number of nitrogens with zero attached hydrogens (tertiary/aromatic N) is 3. The van der Waals surface area contributed by atoms with Gasteiger partial charge in [0.1, 0.15) is 11.6 Å². The Labute approximate surface area is 374 Å². The first kappa shape index (κ1) is 46.4. The fourth-order valence-corrected chi connectivity index (χ4v) is 6.24. The maximum Gasteiger partial charge on any atom is 0.123 e. The maximum absolute atomic E-state index is 13.0. The minimum absolute atomic E-state index is 0. The Hall–Kier alpha value is -5.29. The van der Waals surface area contributed by atoms with Crippen LogP contribution in [-0.4, -0.2) is 15.0 Å². The van der Waals surface area contributed by atoms with E-state index >= 15 is 0 Å². The maximum atomic E-state index is 13.0. The van der Waals surface area contributed by atoms with Gasteiger partial charge < -0.3 is 9.97 Å². The first-order valence-corrected chi connectivity index (χ1v) is 18.9. The molecule has 0 aliphatic rings. The molecule has 0 fully saturated rings. The van der Waals surface area contributed by atoms with E-state index in [4.69, 9.17) is 0 Å². The van der Waals surface area contributed by atoms with Gasteiger partial charge in [-0.25, -0.2) is 8.78 Å². The van der Waals surface area contributed by atoms with Crippen LogP contribution < -0.4 is 0 Å². The largest absolute Gasteiger partial charge is 0.304 e. The number of hydrogen-bond donors (Lipinski definition) is 0. The van der Waals surface area contributed by atoms with Crippen molar-refractivity contribution < 1.29 is 49.0 Å². The normalized spacial score (nSPS) is 10.2. The average Bonchev–Trinajstić information content (AvgIpc) is 3.22. The third-order valence-corrected chi connectivity index (χ3v) is 10.1. The van der Waals surface area contributed by atoms with Crippen LogP contribution in [0.3, 0.4) is 0 Å². The number of benzene rings is 5. The molecule has 0 amide bonds. The topological polar surface area (TPSA) is 38.7 Å². The van der Waals surface area contributed by atoms with Gasteiger partial charge in [0.05, 0.1) is 5.69 Å². The second-order valence-corrected chi connectivity index (χ2v) is 14.2. The molecule has 3 aromatic heterocycles. The van der Waals surface area contributed by atoms with Crippen LogP contribution in [0.5, 0.6) is 0 Å². The predicted molar refractivity (Wildman–Crippen MR) is 231 cm³/mol. The van der Waals surface area contributed by atoms with Crippen molar-refractivity contribution in [1.29, 1.82) is 0 Å². The van der Waals surface area contributed by atoms with Gasteiger partial charge in [-0.1, -0.05) is 72.1 Å². The number of aryl methyl sites for hydroxylation is 5. The number of halogens is 2. The molecule has 302 valence electrons. The van der Waals surface area contributed by atoms with Crippen molar-refractivity contribution in [2.45, 2.75) is 48.5 Å². The summed E-state index contributed by atoms with van der Waals surface area (Å²) < 4.78 is 26.1. The van der Waals surface area contributed by atoms with Crippen LogP contribution >= 0.6 is 0 Å². The molecule has 0 N–H and O–H groups in total. The number of rotatable bonds is 5. The van der Waals surface area contributed by atoms with Crippen molar-refractivity contribution in [2.24, 2.45) is 0 Å². The molecule has 3 heterocycles. The van der Waals surface area contributed by atoms with Crippen molar-refractivity contribution in [2.75, 3.05) is 0 Å². The van der Waals surface area contributed by atoms with Gasteiger partial charge >= 0.3 is 0 Å². The van der Waals surface area contributed by atoms with Crippen molar-refractivity contribution in [3.8, 4) is 56.0 Å². The molecule has 2 radical (unpaired) electrons. The van der Waals surface area contributed by atoms with Crippen molar-refractivity contribution in [3.63, 3.8) is 0 Å². The standard InChI is InChI=1S/C19H16FN.C19H15FN.C14H14N.2Ir/c2*1-13-10-11-21-19(14(13)2)17-5-3-4-16(12-17)15-6-8-18(20)9-7-15;1-10-5-4-6-13(7-10)14-8-11(2)12(3)9-15-14;;/h3-12H,1-2H3;3-4,6-12H,1-2H3;4-5,7-9H,1-3H3;;/q;2*-1;;. The predicted octanol–water partition coefficient (Wildman–Crippen LogP) is 13.6. The van der Waals surface area contributed by atoms with Crippen molar-refractivity contribution in [1.82, 2.24) is 15.0 Å². The van der Waals surface area contributed by atoms with E-state index in [0.717, 1.165) is 61.6 Å². The summed E-state index contributed by atoms with van der Waals surface area (Å²) in [5, 5.41) is 0. The van der Waals surface area contributed by atoms with Crippen molar-refractivity contribution >= 4 is 0 Å². The molecular weight excluding hydrogens is 1090 g/mol. The third-order valence-electron chi connectivity index (χ3n) is 10.1. The molecule has 0 saturated carbocycles.